The Balaban J connectivity index is 1.07. The molecule has 10 heteroatoms. The van der Waals surface area contributed by atoms with Gasteiger partial charge in [-0.1, -0.05) is 145 Å². The molecule has 6 aromatic rings. The Labute approximate surface area is 323 Å². The lowest BCUT2D eigenvalue weighted by atomic mass is 9.76. The van der Waals surface area contributed by atoms with Crippen LogP contribution >= 0.6 is 22.9 Å². The van der Waals surface area contributed by atoms with Crippen LogP contribution in [0.5, 0.6) is 17.4 Å². The summed E-state index contributed by atoms with van der Waals surface area (Å²) in [6.45, 7) is 3.00. The van der Waals surface area contributed by atoms with Crippen LogP contribution in [0.15, 0.2) is 144 Å². The lowest BCUT2D eigenvalue weighted by molar-refractivity contribution is 0.0991. The van der Waals surface area contributed by atoms with Gasteiger partial charge in [0.1, 0.15) is 30.3 Å². The first-order valence-corrected chi connectivity index (χ1v) is 19.2. The minimum atomic E-state index is -1.11. The summed E-state index contributed by atoms with van der Waals surface area (Å²) in [7, 11) is 0. The van der Waals surface area contributed by atoms with Crippen molar-refractivity contribution in [2.75, 3.05) is 19.8 Å². The molecule has 1 fully saturated rings. The van der Waals surface area contributed by atoms with E-state index in [0.717, 1.165) is 46.4 Å². The second-order valence-corrected chi connectivity index (χ2v) is 14.7. The molecule has 8 nitrogen and oxygen atoms in total. The number of ether oxygens (including phenoxy) is 3. The van der Waals surface area contributed by atoms with Crippen LogP contribution in [0, 0.1) is 0 Å². The van der Waals surface area contributed by atoms with Crippen LogP contribution in [0.25, 0.3) is 0 Å². The maximum Gasteiger partial charge on any atom is 0.410 e. The average molecular weight is 761 g/mol. The maximum absolute atomic E-state index is 14.1. The van der Waals surface area contributed by atoms with E-state index in [1.807, 2.05) is 127 Å². The van der Waals surface area contributed by atoms with Crippen molar-refractivity contribution < 1.29 is 24.1 Å². The summed E-state index contributed by atoms with van der Waals surface area (Å²) < 4.78 is 19.2. The van der Waals surface area contributed by atoms with Crippen molar-refractivity contribution in [3.8, 4) is 17.4 Å². The second kappa shape index (κ2) is 16.7. The zero-order chi connectivity index (χ0) is 37.5. The molecule has 1 N–H and O–H groups in total. The summed E-state index contributed by atoms with van der Waals surface area (Å²) in [4.78, 5) is 29.0. The molecule has 1 aromatic heterocycles. The summed E-state index contributed by atoms with van der Waals surface area (Å²) >= 11 is 7.12. The number of nitrogens with zero attached hydrogens (tertiary/aromatic N) is 2. The van der Waals surface area contributed by atoms with E-state index in [4.69, 9.17) is 25.8 Å². The van der Waals surface area contributed by atoms with E-state index < -0.39 is 11.6 Å². The molecule has 1 saturated heterocycles. The first-order valence-electron chi connectivity index (χ1n) is 18.0. The number of hydrogen-bond donors (Lipinski definition) is 1. The number of rotatable bonds is 15. The van der Waals surface area contributed by atoms with Gasteiger partial charge < -0.3 is 19.3 Å². The van der Waals surface area contributed by atoms with E-state index in [-0.39, 0.29) is 29.5 Å². The van der Waals surface area contributed by atoms with Crippen LogP contribution in [-0.2, 0) is 16.7 Å². The molecule has 7 rings (SSSR count). The van der Waals surface area contributed by atoms with Crippen LogP contribution < -0.4 is 14.3 Å². The molecule has 2 atom stereocenters. The average Bonchev–Trinajstić information content (AvgIpc) is 3.71. The molecule has 2 heterocycles. The summed E-state index contributed by atoms with van der Waals surface area (Å²) in [5.41, 5.74) is 2.37. The summed E-state index contributed by atoms with van der Waals surface area (Å²) in [5.74, 6) is 1.20. The number of thiazole rings is 1. The molecule has 0 aliphatic carbocycles. The van der Waals surface area contributed by atoms with Gasteiger partial charge in [0, 0.05) is 11.4 Å². The maximum atomic E-state index is 14.1. The third kappa shape index (κ3) is 7.74. The Morgan fingerprint density at radius 3 is 2.00 bits per heavy atom. The highest BCUT2D eigenvalue weighted by Crippen LogP contribution is 2.43. The molecule has 0 saturated carbocycles. The normalized spacial score (nSPS) is 14.8. The Morgan fingerprint density at radius 2 is 1.43 bits per heavy atom. The third-order valence-electron chi connectivity index (χ3n) is 9.69. The molecule has 1 aliphatic heterocycles. The lowest BCUT2D eigenvalue weighted by Crippen LogP contribution is -2.42. The number of cyclic esters (lactones) is 1. The first kappa shape index (κ1) is 36.8. The predicted octanol–water partition coefficient (Wildman–Crippen LogP) is 9.15. The highest BCUT2D eigenvalue weighted by atomic mass is 35.5. The smallest absolute Gasteiger partial charge is 0.410 e. The van der Waals surface area contributed by atoms with E-state index in [1.165, 1.54) is 4.57 Å². The van der Waals surface area contributed by atoms with E-state index >= 15 is 0 Å². The van der Waals surface area contributed by atoms with Crippen LogP contribution in [0.4, 0.5) is 4.79 Å². The highest BCUT2D eigenvalue weighted by Gasteiger charge is 2.42. The number of hydrogen-bond acceptors (Lipinski definition) is 7. The molecule has 0 spiro atoms. The molecule has 2 unspecified atom stereocenters. The van der Waals surface area contributed by atoms with E-state index in [0.29, 0.717) is 41.0 Å². The second-order valence-electron chi connectivity index (χ2n) is 13.3. The summed E-state index contributed by atoms with van der Waals surface area (Å²) in [5, 5.41) is 12.6. The zero-order valence-corrected chi connectivity index (χ0v) is 31.4. The van der Waals surface area contributed by atoms with Crippen molar-refractivity contribution in [3.63, 3.8) is 0 Å². The quantitative estimate of drug-likeness (QED) is 0.105. The topological polar surface area (TPSA) is 90.2 Å². The number of amides is 1. The Bertz CT molecular complexity index is 2110. The van der Waals surface area contributed by atoms with Crippen molar-refractivity contribution >= 4 is 29.0 Å². The van der Waals surface area contributed by atoms with E-state index in [9.17, 15) is 14.7 Å². The van der Waals surface area contributed by atoms with Crippen molar-refractivity contribution in [3.05, 3.63) is 181 Å². The zero-order valence-electron chi connectivity index (χ0n) is 29.8. The molecular weight excluding hydrogens is 720 g/mol. The molecule has 276 valence electrons. The fourth-order valence-corrected chi connectivity index (χ4v) is 8.29. The minimum Gasteiger partial charge on any atom is -0.494 e. The van der Waals surface area contributed by atoms with E-state index in [2.05, 4.69) is 6.92 Å². The van der Waals surface area contributed by atoms with Crippen molar-refractivity contribution in [2.45, 2.75) is 43.9 Å². The Morgan fingerprint density at radius 1 is 0.815 bits per heavy atom. The lowest BCUT2D eigenvalue weighted by Gasteiger charge is -2.37. The van der Waals surface area contributed by atoms with Gasteiger partial charge in [-0.05, 0) is 59.0 Å². The molecular formula is C44H41ClN2O6S. The molecule has 1 amide bonds. The van der Waals surface area contributed by atoms with Crippen molar-refractivity contribution in [2.24, 2.45) is 0 Å². The van der Waals surface area contributed by atoms with Crippen molar-refractivity contribution in [1.29, 1.82) is 0 Å². The first-order chi connectivity index (χ1) is 26.4. The largest absolute Gasteiger partial charge is 0.494 e. The van der Waals surface area contributed by atoms with Gasteiger partial charge in [-0.25, -0.2) is 4.79 Å². The van der Waals surface area contributed by atoms with Gasteiger partial charge in [0.05, 0.1) is 17.5 Å². The van der Waals surface area contributed by atoms with Gasteiger partial charge in [-0.3, -0.25) is 14.3 Å². The van der Waals surface area contributed by atoms with Crippen LogP contribution in [0.2, 0.25) is 5.02 Å². The van der Waals surface area contributed by atoms with Crippen LogP contribution in [0.3, 0.4) is 0 Å². The van der Waals surface area contributed by atoms with Crippen LogP contribution in [0.1, 0.15) is 46.9 Å². The number of carbonyl (C=O) groups is 1. The molecule has 54 heavy (non-hydrogen) atoms. The SMILES string of the molecule is CCCC(COc1ccc(Cc2sc(=O)n(C(c3ccccc3)(c3ccccc3)c3ccccc3)c2O)cc1)N1CC(COc2cccc(Cl)c2)OC1=O. The van der Waals surface area contributed by atoms with E-state index in [1.54, 1.807) is 17.0 Å². The fraction of sp³-hybridized carbons (Fsp3) is 0.227. The standard InChI is InChI=1S/C44H41ClN2O6S/c1-2-13-36(46-28-39(53-42(46)49)30-52-38-21-12-20-35(45)27-38)29-51-37-24-22-31(23-25-37)26-40-41(48)47(43(50)54-40)44(32-14-6-3-7-15-32,33-16-8-4-9-17-33)34-18-10-5-11-19-34/h3-12,14-25,27,36,39,48H,2,13,26,28-30H2,1H3. The third-order valence-corrected chi connectivity index (χ3v) is 10.9. The number of aromatic nitrogens is 1. The number of carbonyl (C=O) groups excluding carboxylic acids is 1. The van der Waals surface area contributed by atoms with Gasteiger partial charge in [0.2, 0.25) is 5.88 Å². The highest BCUT2D eigenvalue weighted by molar-refractivity contribution is 7.09. The van der Waals surface area contributed by atoms with Crippen LogP contribution in [-0.4, -0.2) is 52.6 Å². The molecule has 1 aliphatic rings. The number of benzene rings is 5. The van der Waals surface area contributed by atoms with Gasteiger partial charge in [0.25, 0.3) is 0 Å². The van der Waals surface area contributed by atoms with Gasteiger partial charge in [-0.15, -0.1) is 0 Å². The van der Waals surface area contributed by atoms with Gasteiger partial charge in [-0.2, -0.15) is 0 Å². The Hall–Kier alpha value is -5.51. The summed E-state index contributed by atoms with van der Waals surface area (Å²) in [6.07, 6.45) is 1.18. The predicted molar refractivity (Wildman–Crippen MR) is 212 cm³/mol. The monoisotopic (exact) mass is 760 g/mol. The fourth-order valence-electron chi connectivity index (χ4n) is 7.16. The number of aromatic hydroxyl groups is 1. The minimum absolute atomic E-state index is 0.0712. The Kier molecular flexibility index (Phi) is 11.4. The van der Waals surface area contributed by atoms with Crippen molar-refractivity contribution in [1.82, 2.24) is 9.47 Å². The molecule has 5 aromatic carbocycles. The van der Waals surface area contributed by atoms with Gasteiger partial charge >= 0.3 is 11.0 Å². The summed E-state index contributed by atoms with van der Waals surface area (Å²) in [6, 6.07) is 44.1. The molecule has 0 radical (unpaired) electrons. The molecule has 0 bridgehead atoms. The number of halogens is 1. The van der Waals surface area contributed by atoms with Gasteiger partial charge in [0.15, 0.2) is 6.10 Å².